The summed E-state index contributed by atoms with van der Waals surface area (Å²) < 4.78 is 1.91. The Kier molecular flexibility index (Phi) is 3.83. The molecule has 0 N–H and O–H groups in total. The molecule has 1 unspecified atom stereocenters. The van der Waals surface area contributed by atoms with Crippen molar-refractivity contribution < 1.29 is 0 Å². The third kappa shape index (κ3) is 2.82. The molecule has 4 nitrogen and oxygen atoms in total. The topological polar surface area (TPSA) is 38.1 Å². The largest absolute Gasteiger partial charge is 0.378 e. The predicted molar refractivity (Wildman–Crippen MR) is 102 cm³/mol. The first-order valence-corrected chi connectivity index (χ1v) is 8.81. The van der Waals surface area contributed by atoms with Gasteiger partial charge in [-0.1, -0.05) is 30.3 Å². The fourth-order valence-corrected chi connectivity index (χ4v) is 3.60. The Morgan fingerprint density at radius 2 is 1.84 bits per heavy atom. The number of aromatic nitrogens is 2. The lowest BCUT2D eigenvalue weighted by atomic mass is 10.0. The first-order chi connectivity index (χ1) is 12.1. The number of rotatable bonds is 4. The molecule has 0 spiro atoms. The lowest BCUT2D eigenvalue weighted by Crippen LogP contribution is -2.30. The summed E-state index contributed by atoms with van der Waals surface area (Å²) in [4.78, 5) is 20.1. The van der Waals surface area contributed by atoms with Gasteiger partial charge in [0.05, 0.1) is 16.9 Å². The summed E-state index contributed by atoms with van der Waals surface area (Å²) in [5, 5.41) is 0.693. The zero-order valence-electron chi connectivity index (χ0n) is 14.9. The van der Waals surface area contributed by atoms with Crippen molar-refractivity contribution in [1.82, 2.24) is 9.55 Å². The molecule has 1 aromatic heterocycles. The Morgan fingerprint density at radius 3 is 2.48 bits per heavy atom. The molecule has 0 radical (unpaired) electrons. The molecule has 1 aliphatic carbocycles. The molecular formula is C21H23N3O. The normalized spacial score (nSPS) is 15.3. The van der Waals surface area contributed by atoms with Crippen LogP contribution in [0.3, 0.4) is 0 Å². The second kappa shape index (κ2) is 6.03. The molecule has 4 rings (SSSR count). The van der Waals surface area contributed by atoms with Crippen LogP contribution in [0, 0.1) is 12.8 Å². The van der Waals surface area contributed by atoms with Crippen molar-refractivity contribution in [3.05, 3.63) is 70.3 Å². The number of nitrogens with zero attached hydrogens (tertiary/aromatic N) is 3. The van der Waals surface area contributed by atoms with Crippen LogP contribution in [-0.4, -0.2) is 23.6 Å². The summed E-state index contributed by atoms with van der Waals surface area (Å²) in [6.07, 6.45) is 2.34. The van der Waals surface area contributed by atoms with E-state index >= 15 is 0 Å². The molecule has 3 aromatic rings. The Bertz CT molecular complexity index is 972. The molecule has 128 valence electrons. The van der Waals surface area contributed by atoms with Gasteiger partial charge in [-0.25, -0.2) is 4.98 Å². The van der Waals surface area contributed by atoms with Gasteiger partial charge in [0, 0.05) is 19.8 Å². The van der Waals surface area contributed by atoms with Crippen LogP contribution in [0.25, 0.3) is 10.9 Å². The van der Waals surface area contributed by atoms with Gasteiger partial charge in [0.2, 0.25) is 0 Å². The number of anilines is 1. The Morgan fingerprint density at radius 1 is 1.12 bits per heavy atom. The molecule has 25 heavy (non-hydrogen) atoms. The van der Waals surface area contributed by atoms with Crippen LogP contribution in [0.5, 0.6) is 0 Å². The minimum atomic E-state index is 0.0620. The summed E-state index contributed by atoms with van der Waals surface area (Å²) >= 11 is 0. The molecule has 1 saturated carbocycles. The number of aryl methyl sites for hydroxylation is 1. The van der Waals surface area contributed by atoms with E-state index in [4.69, 9.17) is 4.98 Å². The van der Waals surface area contributed by atoms with Crippen molar-refractivity contribution in [1.29, 1.82) is 0 Å². The van der Waals surface area contributed by atoms with Gasteiger partial charge < -0.3 is 4.90 Å². The van der Waals surface area contributed by atoms with Crippen LogP contribution in [0.1, 0.15) is 30.3 Å². The third-order valence-corrected chi connectivity index (χ3v) is 5.06. The number of hydrogen-bond donors (Lipinski definition) is 0. The Balaban J connectivity index is 1.95. The first-order valence-electron chi connectivity index (χ1n) is 8.81. The second-order valence-electron chi connectivity index (χ2n) is 7.12. The molecule has 2 aromatic carbocycles. The van der Waals surface area contributed by atoms with E-state index in [1.54, 1.807) is 0 Å². The van der Waals surface area contributed by atoms with Crippen molar-refractivity contribution >= 4 is 16.6 Å². The first kappa shape index (κ1) is 15.9. The van der Waals surface area contributed by atoms with E-state index in [0.717, 1.165) is 17.0 Å². The highest BCUT2D eigenvalue weighted by Gasteiger charge is 2.35. The molecule has 0 saturated heterocycles. The summed E-state index contributed by atoms with van der Waals surface area (Å²) in [6.45, 7) is 1.94. The van der Waals surface area contributed by atoms with Gasteiger partial charge in [-0.15, -0.1) is 0 Å². The molecule has 1 aliphatic rings. The quantitative estimate of drug-likeness (QED) is 0.729. The van der Waals surface area contributed by atoms with Crippen LogP contribution in [-0.2, 0) is 0 Å². The number of hydrogen-bond acceptors (Lipinski definition) is 3. The van der Waals surface area contributed by atoms with Crippen LogP contribution >= 0.6 is 0 Å². The molecule has 0 aliphatic heterocycles. The van der Waals surface area contributed by atoms with Crippen molar-refractivity contribution in [2.45, 2.75) is 25.8 Å². The molecule has 0 amide bonds. The van der Waals surface area contributed by atoms with Gasteiger partial charge in [-0.05, 0) is 49.4 Å². The van der Waals surface area contributed by atoms with Crippen molar-refractivity contribution in [3.8, 4) is 0 Å². The summed E-state index contributed by atoms with van der Waals surface area (Å²) in [7, 11) is 3.97. The minimum Gasteiger partial charge on any atom is -0.378 e. The average molecular weight is 333 g/mol. The number of benzene rings is 2. The van der Waals surface area contributed by atoms with Gasteiger partial charge in [0.1, 0.15) is 5.82 Å². The minimum absolute atomic E-state index is 0.0620. The zero-order valence-corrected chi connectivity index (χ0v) is 14.9. The van der Waals surface area contributed by atoms with Gasteiger partial charge in [0.15, 0.2) is 0 Å². The SMILES string of the molecule is Cc1nc2ccc(N(C)C)cc2c(=O)n1C(c1ccccc1)C1CC1. The highest BCUT2D eigenvalue weighted by molar-refractivity contribution is 5.81. The Hall–Kier alpha value is -2.62. The smallest absolute Gasteiger partial charge is 0.262 e. The van der Waals surface area contributed by atoms with Crippen molar-refractivity contribution in [3.63, 3.8) is 0 Å². The Labute approximate surface area is 147 Å². The van der Waals surface area contributed by atoms with E-state index in [1.807, 2.05) is 66.9 Å². The average Bonchev–Trinajstić information content (AvgIpc) is 3.43. The maximum atomic E-state index is 13.4. The molecule has 1 fully saturated rings. The van der Waals surface area contributed by atoms with Gasteiger partial charge in [-0.3, -0.25) is 9.36 Å². The van der Waals surface area contributed by atoms with Crippen LogP contribution in [0.2, 0.25) is 0 Å². The molecule has 0 bridgehead atoms. The fraction of sp³-hybridized carbons (Fsp3) is 0.333. The lowest BCUT2D eigenvalue weighted by Gasteiger charge is -2.23. The highest BCUT2D eigenvalue weighted by atomic mass is 16.1. The lowest BCUT2D eigenvalue weighted by molar-refractivity contribution is 0.489. The summed E-state index contributed by atoms with van der Waals surface area (Å²) in [5.74, 6) is 1.31. The molecule has 4 heteroatoms. The van der Waals surface area contributed by atoms with Crippen LogP contribution in [0.4, 0.5) is 5.69 Å². The summed E-state index contributed by atoms with van der Waals surface area (Å²) in [5.41, 5.74) is 3.04. The van der Waals surface area contributed by atoms with E-state index < -0.39 is 0 Å². The van der Waals surface area contributed by atoms with E-state index in [-0.39, 0.29) is 11.6 Å². The monoisotopic (exact) mass is 333 g/mol. The predicted octanol–water partition coefficient (Wildman–Crippen LogP) is 3.77. The fourth-order valence-electron chi connectivity index (χ4n) is 3.60. The van der Waals surface area contributed by atoms with Gasteiger partial charge in [-0.2, -0.15) is 0 Å². The van der Waals surface area contributed by atoms with E-state index in [1.165, 1.54) is 18.4 Å². The number of fused-ring (bicyclic) bond motifs is 1. The standard InChI is InChI=1S/C21H23N3O/c1-14-22-19-12-11-17(23(2)3)13-18(19)21(25)24(14)20(16-9-10-16)15-7-5-4-6-8-15/h4-8,11-13,16,20H,9-10H2,1-3H3. The zero-order chi connectivity index (χ0) is 17.6. The van der Waals surface area contributed by atoms with Gasteiger partial charge >= 0.3 is 0 Å². The second-order valence-corrected chi connectivity index (χ2v) is 7.12. The maximum absolute atomic E-state index is 13.4. The van der Waals surface area contributed by atoms with Crippen LogP contribution < -0.4 is 10.5 Å². The van der Waals surface area contributed by atoms with Crippen molar-refractivity contribution in [2.24, 2.45) is 5.92 Å². The third-order valence-electron chi connectivity index (χ3n) is 5.06. The summed E-state index contributed by atoms with van der Waals surface area (Å²) in [6, 6.07) is 16.3. The van der Waals surface area contributed by atoms with E-state index in [2.05, 4.69) is 12.1 Å². The van der Waals surface area contributed by atoms with Crippen molar-refractivity contribution in [2.75, 3.05) is 19.0 Å². The highest BCUT2D eigenvalue weighted by Crippen LogP contribution is 2.43. The van der Waals surface area contributed by atoms with E-state index in [0.29, 0.717) is 11.3 Å². The molecular weight excluding hydrogens is 310 g/mol. The van der Waals surface area contributed by atoms with Gasteiger partial charge in [0.25, 0.3) is 5.56 Å². The van der Waals surface area contributed by atoms with Crippen LogP contribution in [0.15, 0.2) is 53.3 Å². The maximum Gasteiger partial charge on any atom is 0.262 e. The molecule has 1 atom stereocenters. The molecule has 1 heterocycles. The van der Waals surface area contributed by atoms with E-state index in [9.17, 15) is 4.79 Å².